The summed E-state index contributed by atoms with van der Waals surface area (Å²) in [6.45, 7) is 6.21. The molecule has 37 heavy (non-hydrogen) atoms. The van der Waals surface area contributed by atoms with Gasteiger partial charge in [0.05, 0.1) is 18.2 Å². The number of ether oxygens (including phenoxy) is 2. The number of nitrogens with one attached hydrogen (secondary N) is 1. The Morgan fingerprint density at radius 2 is 2.08 bits per heavy atom. The molecule has 2 heterocycles. The van der Waals surface area contributed by atoms with Gasteiger partial charge >= 0.3 is 12.1 Å². The fourth-order valence-electron chi connectivity index (χ4n) is 5.93. The van der Waals surface area contributed by atoms with Crippen LogP contribution < -0.4 is 5.32 Å². The van der Waals surface area contributed by atoms with Crippen LogP contribution in [0.4, 0.5) is 9.18 Å². The lowest BCUT2D eigenvalue weighted by Crippen LogP contribution is -2.38. The molecule has 1 aromatic heterocycles. The third kappa shape index (κ3) is 6.56. The number of hydrogen-bond donors (Lipinski definition) is 1. The molecule has 1 aliphatic heterocycles. The standard InChI is InChI=1S/C30H37FN2O4/c1-4-24(33-30(35)36-5-2)12-9-20-11-15-27-28(19(3)37-29(27)34)26(20)16-14-25-13-10-22(18-32-25)21-7-6-8-23(31)17-21/h6-8,10,13-14,16-20,24,26-28H,4-5,9,11-12,15H2,1-3H3,(H,33,35)/b16-14+/t19-,20-,24+,26+,27-,28+/m1/s1. The molecule has 1 saturated heterocycles. The largest absolute Gasteiger partial charge is 0.462 e. The number of aromatic nitrogens is 1. The topological polar surface area (TPSA) is 77.5 Å². The van der Waals surface area contributed by atoms with Gasteiger partial charge in [-0.2, -0.15) is 0 Å². The van der Waals surface area contributed by atoms with E-state index in [-0.39, 0.29) is 47.8 Å². The second kappa shape index (κ2) is 12.3. The molecule has 2 fully saturated rings. The summed E-state index contributed by atoms with van der Waals surface area (Å²) in [5, 5.41) is 2.97. The fraction of sp³-hybridized carbons (Fsp3) is 0.500. The Kier molecular flexibility index (Phi) is 8.95. The molecule has 0 radical (unpaired) electrons. The van der Waals surface area contributed by atoms with Crippen molar-refractivity contribution in [3.8, 4) is 11.1 Å². The van der Waals surface area contributed by atoms with E-state index in [1.807, 2.05) is 31.2 Å². The minimum atomic E-state index is -0.370. The van der Waals surface area contributed by atoms with Gasteiger partial charge in [-0.05, 0) is 87.6 Å². The SMILES string of the molecule is CCOC(=O)N[C@@H](CC)CC[C@@H]1CC[C@H]2C(=O)O[C@H](C)[C@H]2[C@H]1/C=C/c1ccc(-c2cccc(F)c2)cn1. The van der Waals surface area contributed by atoms with E-state index in [0.29, 0.717) is 12.5 Å². The molecule has 4 rings (SSSR count). The molecule has 0 spiro atoms. The van der Waals surface area contributed by atoms with Crippen molar-refractivity contribution in [1.82, 2.24) is 10.3 Å². The molecule has 1 amide bonds. The van der Waals surface area contributed by atoms with Crippen molar-refractivity contribution in [2.45, 2.75) is 65.0 Å². The molecular weight excluding hydrogens is 471 g/mol. The summed E-state index contributed by atoms with van der Waals surface area (Å²) in [7, 11) is 0. The van der Waals surface area contributed by atoms with Crippen molar-refractivity contribution in [2.24, 2.45) is 23.7 Å². The van der Waals surface area contributed by atoms with E-state index >= 15 is 0 Å². The van der Waals surface area contributed by atoms with Crippen LogP contribution in [0.1, 0.15) is 58.6 Å². The summed E-state index contributed by atoms with van der Waals surface area (Å²) in [5.74, 6) is 0.256. The van der Waals surface area contributed by atoms with Crippen molar-refractivity contribution < 1.29 is 23.5 Å². The Morgan fingerprint density at radius 1 is 1.24 bits per heavy atom. The van der Waals surface area contributed by atoms with Gasteiger partial charge in [0.1, 0.15) is 11.9 Å². The highest BCUT2D eigenvalue weighted by Gasteiger charge is 2.50. The Balaban J connectivity index is 1.49. The van der Waals surface area contributed by atoms with E-state index < -0.39 is 0 Å². The van der Waals surface area contributed by atoms with Crippen molar-refractivity contribution in [3.63, 3.8) is 0 Å². The number of hydrogen-bond acceptors (Lipinski definition) is 5. The number of carbonyl (C=O) groups excluding carboxylic acids is 2. The third-order valence-corrected chi connectivity index (χ3v) is 7.86. The van der Waals surface area contributed by atoms with Gasteiger partial charge in [-0.1, -0.05) is 31.2 Å². The average molecular weight is 509 g/mol. The molecule has 198 valence electrons. The summed E-state index contributed by atoms with van der Waals surface area (Å²) >= 11 is 0. The maximum absolute atomic E-state index is 13.6. The summed E-state index contributed by atoms with van der Waals surface area (Å²) in [4.78, 5) is 29.0. The van der Waals surface area contributed by atoms with E-state index in [4.69, 9.17) is 9.47 Å². The summed E-state index contributed by atoms with van der Waals surface area (Å²) < 4.78 is 24.3. The number of cyclic esters (lactones) is 1. The number of allylic oxidation sites excluding steroid dienone is 1. The molecule has 1 N–H and O–H groups in total. The van der Waals surface area contributed by atoms with Crippen LogP contribution in [-0.2, 0) is 14.3 Å². The minimum Gasteiger partial charge on any atom is -0.462 e. The average Bonchev–Trinajstić information content (AvgIpc) is 3.19. The number of alkyl carbamates (subject to hydrolysis) is 1. The van der Waals surface area contributed by atoms with Crippen LogP contribution >= 0.6 is 0 Å². The highest BCUT2D eigenvalue weighted by molar-refractivity contribution is 5.75. The summed E-state index contributed by atoms with van der Waals surface area (Å²) in [6, 6.07) is 10.4. The van der Waals surface area contributed by atoms with Crippen LogP contribution in [0, 0.1) is 29.5 Å². The highest BCUT2D eigenvalue weighted by atomic mass is 19.1. The molecule has 7 heteroatoms. The van der Waals surface area contributed by atoms with E-state index in [2.05, 4.69) is 23.3 Å². The third-order valence-electron chi connectivity index (χ3n) is 7.86. The molecule has 1 aliphatic carbocycles. The predicted molar refractivity (Wildman–Crippen MR) is 141 cm³/mol. The number of esters is 1. The van der Waals surface area contributed by atoms with Crippen molar-refractivity contribution in [3.05, 3.63) is 60.2 Å². The van der Waals surface area contributed by atoms with Gasteiger partial charge in [0.2, 0.25) is 0 Å². The fourth-order valence-corrected chi connectivity index (χ4v) is 5.93. The number of pyridine rings is 1. The van der Waals surface area contributed by atoms with Crippen LogP contribution in [0.3, 0.4) is 0 Å². The molecule has 2 aromatic rings. The first-order chi connectivity index (χ1) is 17.9. The van der Waals surface area contributed by atoms with Crippen LogP contribution in [0.25, 0.3) is 17.2 Å². The molecular formula is C30H37FN2O4. The minimum absolute atomic E-state index is 0.0531. The molecule has 2 aliphatic rings. The number of carbonyl (C=O) groups is 2. The predicted octanol–water partition coefficient (Wildman–Crippen LogP) is 6.41. The lowest BCUT2D eigenvalue weighted by Gasteiger charge is -2.38. The Bertz CT molecular complexity index is 1100. The molecule has 0 unspecified atom stereocenters. The smallest absolute Gasteiger partial charge is 0.407 e. The zero-order valence-corrected chi connectivity index (χ0v) is 21.9. The lowest BCUT2D eigenvalue weighted by molar-refractivity contribution is -0.144. The number of amides is 1. The lowest BCUT2D eigenvalue weighted by atomic mass is 9.64. The van der Waals surface area contributed by atoms with Crippen LogP contribution in [-0.4, -0.2) is 35.8 Å². The highest BCUT2D eigenvalue weighted by Crippen LogP contribution is 2.48. The van der Waals surface area contributed by atoms with E-state index in [9.17, 15) is 14.0 Å². The number of benzene rings is 1. The van der Waals surface area contributed by atoms with Crippen molar-refractivity contribution in [1.29, 1.82) is 0 Å². The molecule has 6 nitrogen and oxygen atoms in total. The summed E-state index contributed by atoms with van der Waals surface area (Å²) in [6.07, 6.45) is 9.89. The maximum atomic E-state index is 13.6. The van der Waals surface area contributed by atoms with Crippen molar-refractivity contribution >= 4 is 18.1 Å². The zero-order valence-electron chi connectivity index (χ0n) is 21.9. The number of nitrogens with zero attached hydrogens (tertiary/aromatic N) is 1. The van der Waals surface area contributed by atoms with Gasteiger partial charge in [0.25, 0.3) is 0 Å². The van der Waals surface area contributed by atoms with Gasteiger partial charge < -0.3 is 14.8 Å². The van der Waals surface area contributed by atoms with E-state index in [0.717, 1.165) is 48.9 Å². The number of fused-ring (bicyclic) bond motifs is 1. The Labute approximate surface area is 218 Å². The zero-order chi connectivity index (χ0) is 26.4. The van der Waals surface area contributed by atoms with Crippen LogP contribution in [0.2, 0.25) is 0 Å². The van der Waals surface area contributed by atoms with Gasteiger partial charge in [-0.15, -0.1) is 0 Å². The quantitative estimate of drug-likeness (QED) is 0.396. The van der Waals surface area contributed by atoms with E-state index in [1.54, 1.807) is 19.2 Å². The maximum Gasteiger partial charge on any atom is 0.407 e. The van der Waals surface area contributed by atoms with Crippen LogP contribution in [0.15, 0.2) is 48.7 Å². The molecule has 1 aromatic carbocycles. The Hall–Kier alpha value is -3.22. The molecule has 0 bridgehead atoms. The molecule has 6 atom stereocenters. The second-order valence-electron chi connectivity index (χ2n) is 10.1. The monoisotopic (exact) mass is 508 g/mol. The number of rotatable bonds is 9. The van der Waals surface area contributed by atoms with Crippen LogP contribution in [0.5, 0.6) is 0 Å². The number of halogens is 1. The van der Waals surface area contributed by atoms with Crippen molar-refractivity contribution in [2.75, 3.05) is 6.61 Å². The van der Waals surface area contributed by atoms with Gasteiger partial charge in [-0.3, -0.25) is 9.78 Å². The van der Waals surface area contributed by atoms with E-state index in [1.165, 1.54) is 12.1 Å². The Morgan fingerprint density at radius 3 is 2.78 bits per heavy atom. The first kappa shape index (κ1) is 26.8. The first-order valence-corrected chi connectivity index (χ1v) is 13.4. The van der Waals surface area contributed by atoms with Gasteiger partial charge in [0, 0.05) is 23.7 Å². The van der Waals surface area contributed by atoms with Gasteiger partial charge in [0.15, 0.2) is 0 Å². The van der Waals surface area contributed by atoms with Gasteiger partial charge in [-0.25, -0.2) is 9.18 Å². The first-order valence-electron chi connectivity index (χ1n) is 13.4. The summed E-state index contributed by atoms with van der Waals surface area (Å²) in [5.41, 5.74) is 2.46. The normalized spacial score (nSPS) is 25.9. The molecule has 1 saturated carbocycles. The second-order valence-corrected chi connectivity index (χ2v) is 10.1.